The lowest BCUT2D eigenvalue weighted by atomic mass is 10.2. The number of aromatic nitrogens is 1. The van der Waals surface area contributed by atoms with Crippen LogP contribution in [0.5, 0.6) is 0 Å². The number of fused-ring (bicyclic) bond motifs is 1. The largest absolute Gasteiger partial charge is 0.462 e. The lowest BCUT2D eigenvalue weighted by Gasteiger charge is -2.03. The van der Waals surface area contributed by atoms with Crippen LogP contribution >= 0.6 is 11.3 Å². The maximum Gasteiger partial charge on any atom is 0.338 e. The molecular formula is C21H20N2O5S2. The van der Waals surface area contributed by atoms with Crippen molar-refractivity contribution in [3.63, 3.8) is 0 Å². The van der Waals surface area contributed by atoms with E-state index < -0.39 is 21.7 Å². The molecule has 0 fully saturated rings. The highest BCUT2D eigenvalue weighted by molar-refractivity contribution is 7.90. The van der Waals surface area contributed by atoms with Crippen LogP contribution in [0.3, 0.4) is 0 Å². The standard InChI is InChI=1S/C21H20N2O5S2/c1-4-12-23-17-11-8-15(20(25)28-5-2)13-18(17)29-21(23)22-19(24)14-6-9-16(10-7-14)30(3,26)27/h4,6-11,13H,1,5,12H2,2-3H3. The van der Waals surface area contributed by atoms with E-state index >= 15 is 0 Å². The third-order valence-corrected chi connectivity index (χ3v) is 6.40. The summed E-state index contributed by atoms with van der Waals surface area (Å²) in [7, 11) is -3.34. The second kappa shape index (κ2) is 8.76. The lowest BCUT2D eigenvalue weighted by Crippen LogP contribution is -2.16. The summed E-state index contributed by atoms with van der Waals surface area (Å²) < 4.78 is 30.8. The number of nitrogens with zero attached hydrogens (tertiary/aromatic N) is 2. The molecule has 0 atom stereocenters. The van der Waals surface area contributed by atoms with Crippen LogP contribution in [0.15, 0.2) is 65.0 Å². The van der Waals surface area contributed by atoms with Crippen molar-refractivity contribution >= 4 is 43.3 Å². The first-order valence-corrected chi connectivity index (χ1v) is 11.8. The number of amides is 1. The Bertz CT molecular complexity index is 1300. The first-order chi connectivity index (χ1) is 14.2. The highest BCUT2D eigenvalue weighted by Crippen LogP contribution is 2.20. The monoisotopic (exact) mass is 444 g/mol. The zero-order chi connectivity index (χ0) is 21.9. The van der Waals surface area contributed by atoms with Gasteiger partial charge in [0.25, 0.3) is 5.91 Å². The second-order valence-electron chi connectivity index (χ2n) is 6.40. The summed E-state index contributed by atoms with van der Waals surface area (Å²) in [5.74, 6) is -0.909. The van der Waals surface area contributed by atoms with Crippen LogP contribution in [0.2, 0.25) is 0 Å². The summed E-state index contributed by atoms with van der Waals surface area (Å²) in [6.45, 7) is 6.20. The minimum Gasteiger partial charge on any atom is -0.462 e. The van der Waals surface area contributed by atoms with Gasteiger partial charge in [-0.2, -0.15) is 4.99 Å². The zero-order valence-electron chi connectivity index (χ0n) is 16.5. The van der Waals surface area contributed by atoms with Crippen LogP contribution in [0.1, 0.15) is 27.6 Å². The zero-order valence-corrected chi connectivity index (χ0v) is 18.1. The van der Waals surface area contributed by atoms with Crippen molar-refractivity contribution in [2.45, 2.75) is 18.4 Å². The highest BCUT2D eigenvalue weighted by Gasteiger charge is 2.13. The first-order valence-electron chi connectivity index (χ1n) is 9.05. The van der Waals surface area contributed by atoms with Crippen LogP contribution in [-0.4, -0.2) is 37.7 Å². The Kier molecular flexibility index (Phi) is 6.33. The molecule has 1 heterocycles. The molecule has 0 N–H and O–H groups in total. The summed E-state index contributed by atoms with van der Waals surface area (Å²) in [6, 6.07) is 10.8. The van der Waals surface area contributed by atoms with Gasteiger partial charge in [0, 0.05) is 18.4 Å². The molecule has 0 aliphatic heterocycles. The van der Waals surface area contributed by atoms with Gasteiger partial charge in [0.1, 0.15) is 0 Å². The van der Waals surface area contributed by atoms with Gasteiger partial charge in [0.2, 0.25) is 0 Å². The molecule has 1 aromatic heterocycles. The van der Waals surface area contributed by atoms with E-state index in [1.807, 2.05) is 4.57 Å². The Morgan fingerprint density at radius 2 is 1.83 bits per heavy atom. The maximum atomic E-state index is 12.6. The van der Waals surface area contributed by atoms with E-state index in [-0.39, 0.29) is 17.1 Å². The van der Waals surface area contributed by atoms with Gasteiger partial charge in [-0.25, -0.2) is 13.2 Å². The molecular weight excluding hydrogens is 424 g/mol. The van der Waals surface area contributed by atoms with Crippen LogP contribution in [0.25, 0.3) is 10.2 Å². The Morgan fingerprint density at radius 1 is 1.17 bits per heavy atom. The number of rotatable bonds is 6. The molecule has 0 saturated carbocycles. The fourth-order valence-corrected chi connectivity index (χ4v) is 4.51. The first kappa shape index (κ1) is 21.7. The topological polar surface area (TPSA) is 94.8 Å². The van der Waals surface area contributed by atoms with Gasteiger partial charge in [-0.1, -0.05) is 17.4 Å². The van der Waals surface area contributed by atoms with E-state index in [2.05, 4.69) is 11.6 Å². The van der Waals surface area contributed by atoms with E-state index in [1.54, 1.807) is 31.2 Å². The summed E-state index contributed by atoms with van der Waals surface area (Å²) in [5, 5.41) is 0. The minimum atomic E-state index is -3.34. The Balaban J connectivity index is 2.05. The molecule has 0 unspecified atom stereocenters. The Morgan fingerprint density at radius 3 is 2.43 bits per heavy atom. The molecule has 3 aromatic rings. The molecule has 156 valence electrons. The summed E-state index contributed by atoms with van der Waals surface area (Å²) in [5.41, 5.74) is 1.51. The number of carbonyl (C=O) groups excluding carboxylic acids is 2. The minimum absolute atomic E-state index is 0.133. The molecule has 2 aromatic carbocycles. The number of benzene rings is 2. The number of ether oxygens (including phenoxy) is 1. The van der Waals surface area contributed by atoms with Crippen molar-refractivity contribution in [2.24, 2.45) is 4.99 Å². The van der Waals surface area contributed by atoms with Crippen molar-refractivity contribution in [1.82, 2.24) is 4.57 Å². The van der Waals surface area contributed by atoms with Gasteiger partial charge >= 0.3 is 5.97 Å². The third-order valence-electron chi connectivity index (χ3n) is 4.23. The number of allylic oxidation sites excluding steroid dienone is 1. The number of hydrogen-bond donors (Lipinski definition) is 0. The maximum absolute atomic E-state index is 12.6. The van der Waals surface area contributed by atoms with Crippen molar-refractivity contribution in [1.29, 1.82) is 0 Å². The van der Waals surface area contributed by atoms with Gasteiger partial charge in [0.15, 0.2) is 14.6 Å². The molecule has 0 aliphatic carbocycles. The SMILES string of the molecule is C=CCn1c(=NC(=O)c2ccc(S(C)(=O)=O)cc2)sc2cc(C(=O)OCC)ccc21. The molecule has 3 rings (SSSR count). The van der Waals surface area contributed by atoms with Crippen LogP contribution in [0.4, 0.5) is 0 Å². The number of esters is 1. The molecule has 30 heavy (non-hydrogen) atoms. The van der Waals surface area contributed by atoms with E-state index in [0.717, 1.165) is 16.5 Å². The summed E-state index contributed by atoms with van der Waals surface area (Å²) in [6.07, 6.45) is 2.80. The van der Waals surface area contributed by atoms with Crippen molar-refractivity contribution < 1.29 is 22.7 Å². The normalized spacial score (nSPS) is 12.1. The molecule has 0 spiro atoms. The van der Waals surface area contributed by atoms with Gasteiger partial charge < -0.3 is 9.30 Å². The van der Waals surface area contributed by atoms with E-state index in [1.165, 1.54) is 35.6 Å². The molecule has 0 bridgehead atoms. The number of carbonyl (C=O) groups is 2. The van der Waals surface area contributed by atoms with E-state index in [4.69, 9.17) is 4.74 Å². The average molecular weight is 445 g/mol. The van der Waals surface area contributed by atoms with Crippen LogP contribution < -0.4 is 4.80 Å². The van der Waals surface area contributed by atoms with Crippen molar-refractivity contribution in [3.05, 3.63) is 71.0 Å². The van der Waals surface area contributed by atoms with Crippen LogP contribution in [-0.2, 0) is 21.1 Å². The summed E-state index contributed by atoms with van der Waals surface area (Å²) >= 11 is 1.27. The number of hydrogen-bond acceptors (Lipinski definition) is 6. The van der Waals surface area contributed by atoms with Gasteiger partial charge in [-0.05, 0) is 49.4 Å². The number of sulfone groups is 1. The average Bonchev–Trinajstić information content (AvgIpc) is 3.04. The molecule has 9 heteroatoms. The molecule has 1 amide bonds. The fourth-order valence-electron chi connectivity index (χ4n) is 2.80. The Hall–Kier alpha value is -3.04. The van der Waals surface area contributed by atoms with E-state index in [0.29, 0.717) is 16.9 Å². The highest BCUT2D eigenvalue weighted by atomic mass is 32.2. The molecule has 0 aliphatic rings. The third kappa shape index (κ3) is 4.58. The van der Waals surface area contributed by atoms with E-state index in [9.17, 15) is 18.0 Å². The van der Waals surface area contributed by atoms with Crippen LogP contribution in [0, 0.1) is 0 Å². The van der Waals surface area contributed by atoms with Gasteiger partial charge in [0.05, 0.1) is 27.3 Å². The second-order valence-corrected chi connectivity index (χ2v) is 9.43. The predicted molar refractivity (Wildman–Crippen MR) is 115 cm³/mol. The molecule has 0 radical (unpaired) electrons. The smallest absolute Gasteiger partial charge is 0.338 e. The van der Waals surface area contributed by atoms with Gasteiger partial charge in [-0.3, -0.25) is 4.79 Å². The quantitative estimate of drug-likeness (QED) is 0.430. The lowest BCUT2D eigenvalue weighted by molar-refractivity contribution is 0.0526. The van der Waals surface area contributed by atoms with Gasteiger partial charge in [-0.15, -0.1) is 6.58 Å². The molecule has 7 nitrogen and oxygen atoms in total. The van der Waals surface area contributed by atoms with Crippen molar-refractivity contribution in [3.8, 4) is 0 Å². The fraction of sp³-hybridized carbons (Fsp3) is 0.190. The molecule has 0 saturated heterocycles. The Labute approximate surface area is 177 Å². The number of thiazole rings is 1. The predicted octanol–water partition coefficient (Wildman–Crippen LogP) is 3.21. The summed E-state index contributed by atoms with van der Waals surface area (Å²) in [4.78, 5) is 29.4. The van der Waals surface area contributed by atoms with Crippen molar-refractivity contribution in [2.75, 3.05) is 12.9 Å².